The van der Waals surface area contributed by atoms with Crippen molar-refractivity contribution in [2.24, 2.45) is 0 Å². The fourth-order valence-electron chi connectivity index (χ4n) is 1.53. The topological polar surface area (TPSA) is 34.1 Å². The first-order chi connectivity index (χ1) is 8.95. The van der Waals surface area contributed by atoms with E-state index in [0.717, 1.165) is 15.1 Å². The highest BCUT2D eigenvalue weighted by molar-refractivity contribution is 9.10. The molecule has 5 heteroatoms. The zero-order valence-electron chi connectivity index (χ0n) is 10.3. The van der Waals surface area contributed by atoms with Gasteiger partial charge in [-0.1, -0.05) is 28.1 Å². The molecular weight excluding hydrogens is 344 g/mol. The van der Waals surface area contributed by atoms with Crippen molar-refractivity contribution in [1.82, 2.24) is 0 Å². The summed E-state index contributed by atoms with van der Waals surface area (Å²) in [5.74, 6) is 0.867. The molecule has 0 aliphatic rings. The van der Waals surface area contributed by atoms with E-state index in [9.17, 15) is 8.42 Å². The van der Waals surface area contributed by atoms with Crippen molar-refractivity contribution in [3.05, 3.63) is 58.6 Å². The van der Waals surface area contributed by atoms with E-state index in [4.69, 9.17) is 0 Å². The summed E-state index contributed by atoms with van der Waals surface area (Å²) in [6.45, 7) is 0. The summed E-state index contributed by atoms with van der Waals surface area (Å²) in [6, 6.07) is 15.2. The average molecular weight is 357 g/mol. The standard InChI is InChI=1S/C14H13BrO2S2/c1-19(16,17)14-8-6-13(7-9-14)18-10-11-2-4-12(15)5-3-11/h2-9H,10H2,1H3. The van der Waals surface area contributed by atoms with Gasteiger partial charge in [-0.05, 0) is 42.0 Å². The minimum atomic E-state index is -3.11. The smallest absolute Gasteiger partial charge is 0.175 e. The number of hydrogen-bond acceptors (Lipinski definition) is 3. The second-order valence-electron chi connectivity index (χ2n) is 4.16. The van der Waals surface area contributed by atoms with Gasteiger partial charge in [0.15, 0.2) is 9.84 Å². The number of thioether (sulfide) groups is 1. The van der Waals surface area contributed by atoms with Crippen LogP contribution < -0.4 is 0 Å². The molecule has 0 spiro atoms. The van der Waals surface area contributed by atoms with E-state index in [1.165, 1.54) is 11.8 Å². The van der Waals surface area contributed by atoms with Gasteiger partial charge in [-0.25, -0.2) is 8.42 Å². The Balaban J connectivity index is 2.02. The van der Waals surface area contributed by atoms with Gasteiger partial charge in [0.25, 0.3) is 0 Å². The number of sulfone groups is 1. The van der Waals surface area contributed by atoms with Crippen molar-refractivity contribution in [2.75, 3.05) is 6.26 Å². The van der Waals surface area contributed by atoms with E-state index in [1.807, 2.05) is 24.3 Å². The molecule has 2 aromatic rings. The molecular formula is C14H13BrO2S2. The Morgan fingerprint density at radius 2 is 1.58 bits per heavy atom. The largest absolute Gasteiger partial charge is 0.224 e. The molecule has 0 bridgehead atoms. The summed E-state index contributed by atoms with van der Waals surface area (Å²) >= 11 is 5.09. The van der Waals surface area contributed by atoms with E-state index in [0.29, 0.717) is 4.90 Å². The first-order valence-electron chi connectivity index (χ1n) is 5.62. The maximum Gasteiger partial charge on any atom is 0.175 e. The predicted molar refractivity (Wildman–Crippen MR) is 83.3 cm³/mol. The number of halogens is 1. The van der Waals surface area contributed by atoms with E-state index >= 15 is 0 Å². The molecule has 0 aromatic heterocycles. The molecule has 0 radical (unpaired) electrons. The minimum absolute atomic E-state index is 0.362. The van der Waals surface area contributed by atoms with Gasteiger partial charge in [-0.2, -0.15) is 0 Å². The Labute approximate surface area is 126 Å². The summed E-state index contributed by atoms with van der Waals surface area (Å²) in [5.41, 5.74) is 1.24. The summed E-state index contributed by atoms with van der Waals surface area (Å²) in [4.78, 5) is 1.43. The van der Waals surface area contributed by atoms with Crippen LogP contribution in [0.25, 0.3) is 0 Å². The van der Waals surface area contributed by atoms with E-state index in [-0.39, 0.29) is 0 Å². The summed E-state index contributed by atoms with van der Waals surface area (Å²) in [7, 11) is -3.11. The zero-order valence-corrected chi connectivity index (χ0v) is 13.6. The maximum atomic E-state index is 11.3. The van der Waals surface area contributed by atoms with E-state index in [1.54, 1.807) is 23.9 Å². The van der Waals surface area contributed by atoms with Gasteiger partial charge < -0.3 is 0 Å². The Morgan fingerprint density at radius 1 is 1.00 bits per heavy atom. The van der Waals surface area contributed by atoms with Crippen LogP contribution in [0.5, 0.6) is 0 Å². The van der Waals surface area contributed by atoms with Gasteiger partial charge in [0.1, 0.15) is 0 Å². The molecule has 0 heterocycles. The van der Waals surface area contributed by atoms with Gasteiger partial charge in [-0.15, -0.1) is 11.8 Å². The van der Waals surface area contributed by atoms with Crippen LogP contribution >= 0.6 is 27.7 Å². The first kappa shape index (κ1) is 14.6. The Kier molecular flexibility index (Phi) is 4.71. The highest BCUT2D eigenvalue weighted by Gasteiger charge is 2.06. The van der Waals surface area contributed by atoms with Crippen molar-refractivity contribution in [3.8, 4) is 0 Å². The van der Waals surface area contributed by atoms with Gasteiger partial charge in [0, 0.05) is 21.4 Å². The second-order valence-corrected chi connectivity index (χ2v) is 8.14. The molecule has 0 amide bonds. The van der Waals surface area contributed by atoms with Gasteiger partial charge in [-0.3, -0.25) is 0 Å². The average Bonchev–Trinajstić information content (AvgIpc) is 2.37. The lowest BCUT2D eigenvalue weighted by molar-refractivity contribution is 0.602. The Morgan fingerprint density at radius 3 is 2.11 bits per heavy atom. The van der Waals surface area contributed by atoms with Gasteiger partial charge >= 0.3 is 0 Å². The lowest BCUT2D eigenvalue weighted by Crippen LogP contribution is -1.95. The highest BCUT2D eigenvalue weighted by Crippen LogP contribution is 2.24. The number of hydrogen-bond donors (Lipinski definition) is 0. The van der Waals surface area contributed by atoms with Crippen LogP contribution in [0, 0.1) is 0 Å². The Bertz CT molecular complexity index is 647. The summed E-state index contributed by atoms with van der Waals surface area (Å²) in [6.07, 6.45) is 1.22. The van der Waals surface area contributed by atoms with Crippen LogP contribution in [0.15, 0.2) is 62.8 Å². The third-order valence-electron chi connectivity index (χ3n) is 2.57. The molecule has 0 aliphatic heterocycles. The van der Waals surface area contributed by atoms with Crippen molar-refractivity contribution >= 4 is 37.5 Å². The molecule has 0 N–H and O–H groups in total. The maximum absolute atomic E-state index is 11.3. The normalized spacial score (nSPS) is 11.5. The second kappa shape index (κ2) is 6.11. The molecule has 2 aromatic carbocycles. The highest BCUT2D eigenvalue weighted by atomic mass is 79.9. The molecule has 0 fully saturated rings. The van der Waals surface area contributed by atoms with Crippen LogP contribution in [-0.2, 0) is 15.6 Å². The van der Waals surface area contributed by atoms with Crippen LogP contribution in [0.4, 0.5) is 0 Å². The third-order valence-corrected chi connectivity index (χ3v) is 5.31. The molecule has 0 saturated heterocycles. The summed E-state index contributed by atoms with van der Waals surface area (Å²) < 4.78 is 23.8. The fourth-order valence-corrected chi connectivity index (χ4v) is 3.28. The van der Waals surface area contributed by atoms with Crippen LogP contribution in [-0.4, -0.2) is 14.7 Å². The molecule has 0 atom stereocenters. The lowest BCUT2D eigenvalue weighted by atomic mass is 10.2. The fraction of sp³-hybridized carbons (Fsp3) is 0.143. The SMILES string of the molecule is CS(=O)(=O)c1ccc(SCc2ccc(Br)cc2)cc1. The minimum Gasteiger partial charge on any atom is -0.224 e. The van der Waals surface area contributed by atoms with Crippen molar-refractivity contribution in [2.45, 2.75) is 15.5 Å². The quantitative estimate of drug-likeness (QED) is 0.771. The predicted octanol–water partition coefficient (Wildman–Crippen LogP) is 4.14. The van der Waals surface area contributed by atoms with E-state index < -0.39 is 9.84 Å². The van der Waals surface area contributed by atoms with Crippen molar-refractivity contribution < 1.29 is 8.42 Å². The Hall–Kier alpha value is -0.780. The third kappa shape index (κ3) is 4.37. The monoisotopic (exact) mass is 356 g/mol. The lowest BCUT2D eigenvalue weighted by Gasteiger charge is -2.04. The van der Waals surface area contributed by atoms with Crippen molar-refractivity contribution in [3.63, 3.8) is 0 Å². The first-order valence-corrected chi connectivity index (χ1v) is 9.29. The summed E-state index contributed by atoms with van der Waals surface area (Å²) in [5, 5.41) is 0. The molecule has 100 valence electrons. The van der Waals surface area contributed by atoms with Crippen LogP contribution in [0.1, 0.15) is 5.56 Å². The van der Waals surface area contributed by atoms with Crippen LogP contribution in [0.2, 0.25) is 0 Å². The van der Waals surface area contributed by atoms with Gasteiger partial charge in [0.2, 0.25) is 0 Å². The number of benzene rings is 2. The van der Waals surface area contributed by atoms with Crippen molar-refractivity contribution in [1.29, 1.82) is 0 Å². The molecule has 0 saturated carbocycles. The molecule has 2 rings (SSSR count). The molecule has 0 unspecified atom stereocenters. The van der Waals surface area contributed by atoms with E-state index in [2.05, 4.69) is 28.1 Å². The van der Waals surface area contributed by atoms with Crippen LogP contribution in [0.3, 0.4) is 0 Å². The van der Waals surface area contributed by atoms with Gasteiger partial charge in [0.05, 0.1) is 4.90 Å². The zero-order chi connectivity index (χ0) is 13.9. The number of rotatable bonds is 4. The molecule has 0 aliphatic carbocycles. The molecule has 2 nitrogen and oxygen atoms in total. The molecule has 19 heavy (non-hydrogen) atoms.